The van der Waals surface area contributed by atoms with Gasteiger partial charge in [0.15, 0.2) is 5.82 Å². The Balaban J connectivity index is 2.09. The molecular weight excluding hydrogens is 248 g/mol. The average molecular weight is 262 g/mol. The van der Waals surface area contributed by atoms with Gasteiger partial charge in [-0.1, -0.05) is 42.5 Å². The van der Waals surface area contributed by atoms with Gasteiger partial charge in [-0.2, -0.15) is 0 Å². The normalized spacial score (nSPS) is 17.4. The lowest BCUT2D eigenvalue weighted by atomic mass is 9.95. The molecule has 0 spiro atoms. The van der Waals surface area contributed by atoms with Crippen molar-refractivity contribution in [3.05, 3.63) is 28.0 Å². The zero-order valence-corrected chi connectivity index (χ0v) is 10.4. The average Bonchev–Trinajstić information content (AvgIpc) is 2.27. The highest BCUT2D eigenvalue weighted by Crippen LogP contribution is 2.29. The lowest BCUT2D eigenvalue weighted by Crippen LogP contribution is -2.22. The molecule has 1 nitrogen and oxygen atoms in total. The Morgan fingerprint density at radius 3 is 2.19 bits per heavy atom. The van der Waals surface area contributed by atoms with Crippen LogP contribution in [0.1, 0.15) is 32.1 Å². The Kier molecular flexibility index (Phi) is 3.93. The van der Waals surface area contributed by atoms with Gasteiger partial charge in [0.1, 0.15) is 0 Å². The third-order valence-electron chi connectivity index (χ3n) is 2.96. The molecule has 1 aliphatic rings. The van der Waals surface area contributed by atoms with Crippen molar-refractivity contribution in [2.24, 2.45) is 0 Å². The fourth-order valence-electron chi connectivity index (χ4n) is 2.12. The summed E-state index contributed by atoms with van der Waals surface area (Å²) < 4.78 is 13.2. The van der Waals surface area contributed by atoms with Crippen molar-refractivity contribution in [2.45, 2.75) is 38.1 Å². The Labute approximate surface area is 105 Å². The van der Waals surface area contributed by atoms with Crippen LogP contribution < -0.4 is 5.32 Å². The summed E-state index contributed by atoms with van der Waals surface area (Å²) >= 11 is 11.5. The van der Waals surface area contributed by atoms with Crippen LogP contribution in [0.4, 0.5) is 10.1 Å². The quantitative estimate of drug-likeness (QED) is 0.749. The first-order valence-corrected chi connectivity index (χ1v) is 6.33. The van der Waals surface area contributed by atoms with Crippen LogP contribution in [0.5, 0.6) is 0 Å². The van der Waals surface area contributed by atoms with Gasteiger partial charge < -0.3 is 5.32 Å². The summed E-state index contributed by atoms with van der Waals surface area (Å²) in [4.78, 5) is 0. The van der Waals surface area contributed by atoms with Gasteiger partial charge in [-0.25, -0.2) is 4.39 Å². The molecule has 16 heavy (non-hydrogen) atoms. The number of hydrogen-bond donors (Lipinski definition) is 1. The second kappa shape index (κ2) is 5.24. The van der Waals surface area contributed by atoms with Crippen LogP contribution in [0.25, 0.3) is 0 Å². The predicted octanol–water partition coefficient (Wildman–Crippen LogP) is 4.88. The summed E-state index contributed by atoms with van der Waals surface area (Å²) in [6.07, 6.45) is 6.13. The molecule has 1 fully saturated rings. The largest absolute Gasteiger partial charge is 0.382 e. The van der Waals surface area contributed by atoms with E-state index in [1.807, 2.05) is 0 Å². The Hall–Kier alpha value is -0.470. The maximum absolute atomic E-state index is 13.2. The van der Waals surface area contributed by atoms with Crippen LogP contribution in [-0.2, 0) is 0 Å². The van der Waals surface area contributed by atoms with Gasteiger partial charge in [-0.05, 0) is 25.0 Å². The number of halogens is 3. The minimum absolute atomic E-state index is 0.0748. The van der Waals surface area contributed by atoms with Gasteiger partial charge in [-0.15, -0.1) is 0 Å². The first-order valence-electron chi connectivity index (χ1n) is 5.58. The van der Waals surface area contributed by atoms with Crippen molar-refractivity contribution in [3.8, 4) is 0 Å². The molecular formula is C12H14Cl2FN. The van der Waals surface area contributed by atoms with Crippen LogP contribution in [-0.4, -0.2) is 6.04 Å². The zero-order chi connectivity index (χ0) is 11.5. The summed E-state index contributed by atoms with van der Waals surface area (Å²) in [6, 6.07) is 3.65. The summed E-state index contributed by atoms with van der Waals surface area (Å²) in [7, 11) is 0. The molecule has 0 aliphatic heterocycles. The number of benzene rings is 1. The molecule has 1 saturated carbocycles. The van der Waals surface area contributed by atoms with E-state index in [4.69, 9.17) is 23.2 Å². The molecule has 0 aromatic heterocycles. The number of hydrogen-bond acceptors (Lipinski definition) is 1. The summed E-state index contributed by atoms with van der Waals surface area (Å²) in [5.41, 5.74) is 0.809. The van der Waals surface area contributed by atoms with Gasteiger partial charge in [0.05, 0.1) is 10.0 Å². The van der Waals surface area contributed by atoms with Crippen molar-refractivity contribution in [1.82, 2.24) is 0 Å². The second-order valence-corrected chi connectivity index (χ2v) is 5.05. The molecule has 0 amide bonds. The van der Waals surface area contributed by atoms with Crippen molar-refractivity contribution in [3.63, 3.8) is 0 Å². The van der Waals surface area contributed by atoms with Crippen LogP contribution in [0.3, 0.4) is 0 Å². The van der Waals surface area contributed by atoms with E-state index < -0.39 is 5.82 Å². The molecule has 0 heterocycles. The van der Waals surface area contributed by atoms with E-state index in [2.05, 4.69) is 5.32 Å². The lowest BCUT2D eigenvalue weighted by molar-refractivity contribution is 0.462. The first kappa shape index (κ1) is 12.0. The molecule has 2 rings (SSSR count). The smallest absolute Gasteiger partial charge is 0.160 e. The minimum atomic E-state index is -0.544. The predicted molar refractivity (Wildman–Crippen MR) is 66.9 cm³/mol. The van der Waals surface area contributed by atoms with E-state index in [1.54, 1.807) is 12.1 Å². The van der Waals surface area contributed by atoms with E-state index in [9.17, 15) is 4.39 Å². The molecule has 4 heteroatoms. The molecule has 0 radical (unpaired) electrons. The number of nitrogens with one attached hydrogen (secondary N) is 1. The standard InChI is InChI=1S/C12H14Cl2FN/c13-10-6-9(7-11(14)12(10)15)16-8-4-2-1-3-5-8/h6-8,16H,1-5H2. The highest BCUT2D eigenvalue weighted by atomic mass is 35.5. The lowest BCUT2D eigenvalue weighted by Gasteiger charge is -2.24. The summed E-state index contributed by atoms with van der Waals surface area (Å²) in [5.74, 6) is -0.544. The number of anilines is 1. The van der Waals surface area contributed by atoms with Crippen LogP contribution >= 0.6 is 23.2 Å². The Morgan fingerprint density at radius 1 is 1.06 bits per heavy atom. The SMILES string of the molecule is Fc1c(Cl)cc(NC2CCCCC2)cc1Cl. The Morgan fingerprint density at radius 2 is 1.62 bits per heavy atom. The van der Waals surface area contributed by atoms with Crippen molar-refractivity contribution in [1.29, 1.82) is 0 Å². The maximum Gasteiger partial charge on any atom is 0.160 e. The molecule has 0 atom stereocenters. The Bertz CT molecular complexity index is 352. The molecule has 1 aliphatic carbocycles. The van der Waals surface area contributed by atoms with E-state index in [-0.39, 0.29) is 10.0 Å². The third-order valence-corrected chi connectivity index (χ3v) is 3.51. The van der Waals surface area contributed by atoms with Crippen molar-refractivity contribution in [2.75, 3.05) is 5.32 Å². The molecule has 0 bridgehead atoms. The first-order chi connectivity index (χ1) is 7.66. The summed E-state index contributed by atoms with van der Waals surface area (Å²) in [6.45, 7) is 0. The zero-order valence-electron chi connectivity index (χ0n) is 8.90. The van der Waals surface area contributed by atoms with Gasteiger partial charge in [0.25, 0.3) is 0 Å². The maximum atomic E-state index is 13.2. The second-order valence-electron chi connectivity index (χ2n) is 4.23. The topological polar surface area (TPSA) is 12.0 Å². The monoisotopic (exact) mass is 261 g/mol. The molecule has 1 aromatic rings. The van der Waals surface area contributed by atoms with Crippen LogP contribution in [0, 0.1) is 5.82 Å². The highest BCUT2D eigenvalue weighted by Gasteiger charge is 2.14. The van der Waals surface area contributed by atoms with Gasteiger partial charge in [0.2, 0.25) is 0 Å². The summed E-state index contributed by atoms with van der Waals surface area (Å²) in [5, 5.41) is 3.50. The van der Waals surface area contributed by atoms with E-state index in [1.165, 1.54) is 19.3 Å². The number of rotatable bonds is 2. The molecule has 1 aromatic carbocycles. The fraction of sp³-hybridized carbons (Fsp3) is 0.500. The molecule has 1 N–H and O–H groups in total. The van der Waals surface area contributed by atoms with Crippen LogP contribution in [0.2, 0.25) is 10.0 Å². The van der Waals surface area contributed by atoms with E-state index >= 15 is 0 Å². The fourth-order valence-corrected chi connectivity index (χ4v) is 2.61. The van der Waals surface area contributed by atoms with Gasteiger partial charge in [0, 0.05) is 11.7 Å². The minimum Gasteiger partial charge on any atom is -0.382 e. The van der Waals surface area contributed by atoms with Crippen molar-refractivity contribution < 1.29 is 4.39 Å². The van der Waals surface area contributed by atoms with Gasteiger partial charge >= 0.3 is 0 Å². The van der Waals surface area contributed by atoms with E-state index in [0.717, 1.165) is 18.5 Å². The van der Waals surface area contributed by atoms with Gasteiger partial charge in [-0.3, -0.25) is 0 Å². The highest BCUT2D eigenvalue weighted by molar-refractivity contribution is 6.35. The third kappa shape index (κ3) is 2.80. The van der Waals surface area contributed by atoms with Crippen LogP contribution in [0.15, 0.2) is 12.1 Å². The van der Waals surface area contributed by atoms with E-state index in [0.29, 0.717) is 6.04 Å². The molecule has 88 valence electrons. The van der Waals surface area contributed by atoms with Crippen molar-refractivity contribution >= 4 is 28.9 Å². The molecule has 0 unspecified atom stereocenters. The molecule has 0 saturated heterocycles.